The number of nitrogens with one attached hydrogen (secondary N) is 1. The third-order valence-electron chi connectivity index (χ3n) is 4.21. The van der Waals surface area contributed by atoms with Crippen LogP contribution in [0.4, 0.5) is 0 Å². The van der Waals surface area contributed by atoms with E-state index in [1.54, 1.807) is 0 Å². The molecule has 3 rings (SSSR count). The molecular weight excluding hydrogens is 318 g/mol. The van der Waals surface area contributed by atoms with Crippen molar-refractivity contribution in [1.82, 2.24) is 15.1 Å². The molecule has 1 unspecified atom stereocenters. The van der Waals surface area contributed by atoms with Gasteiger partial charge in [0.2, 0.25) is 0 Å². The third kappa shape index (κ3) is 3.05. The van der Waals surface area contributed by atoms with Crippen molar-refractivity contribution < 1.29 is 4.79 Å². The summed E-state index contributed by atoms with van der Waals surface area (Å²) in [7, 11) is 0. The highest BCUT2D eigenvalue weighted by atomic mass is 79.9. The molecule has 2 fully saturated rings. The van der Waals surface area contributed by atoms with E-state index in [0.29, 0.717) is 6.04 Å². The van der Waals surface area contributed by atoms with E-state index >= 15 is 0 Å². The molecule has 2 aliphatic heterocycles. The third-order valence-corrected chi connectivity index (χ3v) is 4.74. The zero-order chi connectivity index (χ0) is 13.9. The Labute approximate surface area is 128 Å². The van der Waals surface area contributed by atoms with Crippen LogP contribution in [0.5, 0.6) is 0 Å². The molecule has 1 N–H and O–H groups in total. The van der Waals surface area contributed by atoms with E-state index in [4.69, 9.17) is 0 Å². The minimum atomic E-state index is 0.162. The van der Waals surface area contributed by atoms with Gasteiger partial charge in [-0.25, -0.2) is 0 Å². The first-order chi connectivity index (χ1) is 9.74. The highest BCUT2D eigenvalue weighted by Crippen LogP contribution is 2.19. The number of amides is 1. The predicted molar refractivity (Wildman–Crippen MR) is 82.9 cm³/mol. The Morgan fingerprint density at radius 3 is 2.55 bits per heavy atom. The number of piperazine rings is 1. The molecule has 108 valence electrons. The molecule has 20 heavy (non-hydrogen) atoms. The molecule has 4 nitrogen and oxygen atoms in total. The number of carbonyl (C=O) groups is 1. The van der Waals surface area contributed by atoms with Crippen LogP contribution in [0.2, 0.25) is 0 Å². The van der Waals surface area contributed by atoms with E-state index in [1.807, 2.05) is 29.2 Å². The largest absolute Gasteiger partial charge is 0.337 e. The second kappa shape index (κ2) is 6.24. The van der Waals surface area contributed by atoms with E-state index in [1.165, 1.54) is 0 Å². The molecule has 5 heteroatoms. The molecule has 0 aliphatic carbocycles. The van der Waals surface area contributed by atoms with Crippen molar-refractivity contribution in [3.05, 3.63) is 34.3 Å². The first-order valence-electron chi connectivity index (χ1n) is 7.23. The van der Waals surface area contributed by atoms with Gasteiger partial charge in [0.1, 0.15) is 0 Å². The number of nitrogens with zero attached hydrogens (tertiary/aromatic N) is 2. The molecule has 2 aliphatic rings. The lowest BCUT2D eigenvalue weighted by molar-refractivity contribution is 0.0773. The number of carbonyl (C=O) groups excluding carboxylic acids is 1. The summed E-state index contributed by atoms with van der Waals surface area (Å²) in [6.45, 7) is 6.09. The van der Waals surface area contributed by atoms with Crippen molar-refractivity contribution in [2.75, 3.05) is 39.3 Å². The van der Waals surface area contributed by atoms with Crippen LogP contribution < -0.4 is 5.32 Å². The van der Waals surface area contributed by atoms with Crippen molar-refractivity contribution in [2.24, 2.45) is 0 Å². The van der Waals surface area contributed by atoms with Crippen molar-refractivity contribution in [3.8, 4) is 0 Å². The highest BCUT2D eigenvalue weighted by molar-refractivity contribution is 9.10. The standard InChI is InChI=1S/C15H20BrN3O/c16-13-3-1-12(2-4-13)15(20)19-8-5-14(11-19)18-9-6-17-7-10-18/h1-4,14,17H,5-11H2. The minimum absolute atomic E-state index is 0.162. The van der Waals surface area contributed by atoms with E-state index < -0.39 is 0 Å². The van der Waals surface area contributed by atoms with Crippen LogP contribution in [0.1, 0.15) is 16.8 Å². The summed E-state index contributed by atoms with van der Waals surface area (Å²) in [5, 5.41) is 3.38. The molecule has 2 saturated heterocycles. The monoisotopic (exact) mass is 337 g/mol. The quantitative estimate of drug-likeness (QED) is 0.889. The highest BCUT2D eigenvalue weighted by Gasteiger charge is 2.31. The van der Waals surface area contributed by atoms with Gasteiger partial charge in [0, 0.05) is 55.3 Å². The molecule has 0 aromatic heterocycles. The molecule has 1 amide bonds. The van der Waals surface area contributed by atoms with Gasteiger partial charge in [-0.3, -0.25) is 9.69 Å². The van der Waals surface area contributed by atoms with Crippen molar-refractivity contribution in [1.29, 1.82) is 0 Å². The fraction of sp³-hybridized carbons (Fsp3) is 0.533. The Bertz CT molecular complexity index is 471. The van der Waals surface area contributed by atoms with Crippen LogP contribution in [0.25, 0.3) is 0 Å². The lowest BCUT2D eigenvalue weighted by Gasteiger charge is -2.32. The Balaban J connectivity index is 1.61. The summed E-state index contributed by atoms with van der Waals surface area (Å²) in [6.07, 6.45) is 1.10. The molecule has 0 saturated carbocycles. The van der Waals surface area contributed by atoms with Crippen LogP contribution >= 0.6 is 15.9 Å². The lowest BCUT2D eigenvalue weighted by atomic mass is 10.2. The molecule has 1 aromatic carbocycles. The maximum absolute atomic E-state index is 12.5. The van der Waals surface area contributed by atoms with E-state index in [0.717, 1.165) is 55.7 Å². The molecule has 0 spiro atoms. The summed E-state index contributed by atoms with van der Waals surface area (Å²) < 4.78 is 1.01. The SMILES string of the molecule is O=C(c1ccc(Br)cc1)N1CCC(N2CCNCC2)C1. The normalized spacial score (nSPS) is 24.1. The van der Waals surface area contributed by atoms with Crippen LogP contribution in [-0.4, -0.2) is 61.0 Å². The first-order valence-corrected chi connectivity index (χ1v) is 8.03. The summed E-state index contributed by atoms with van der Waals surface area (Å²) in [6, 6.07) is 8.18. The van der Waals surface area contributed by atoms with Gasteiger partial charge in [-0.2, -0.15) is 0 Å². The van der Waals surface area contributed by atoms with Gasteiger partial charge in [0.05, 0.1) is 0 Å². The van der Waals surface area contributed by atoms with E-state index in [9.17, 15) is 4.79 Å². The van der Waals surface area contributed by atoms with Gasteiger partial charge in [-0.1, -0.05) is 15.9 Å². The molecule has 0 bridgehead atoms. The molecule has 1 atom stereocenters. The predicted octanol–water partition coefficient (Wildman–Crippen LogP) is 1.57. The zero-order valence-corrected chi connectivity index (χ0v) is 13.1. The van der Waals surface area contributed by atoms with Gasteiger partial charge in [0.15, 0.2) is 0 Å². The fourth-order valence-electron chi connectivity index (χ4n) is 3.05. The van der Waals surface area contributed by atoms with Gasteiger partial charge in [0.25, 0.3) is 5.91 Å². The Morgan fingerprint density at radius 2 is 1.85 bits per heavy atom. The molecular formula is C15H20BrN3O. The second-order valence-corrected chi connectivity index (χ2v) is 6.40. The topological polar surface area (TPSA) is 35.6 Å². The van der Waals surface area contributed by atoms with Crippen LogP contribution in [0.3, 0.4) is 0 Å². The van der Waals surface area contributed by atoms with Crippen molar-refractivity contribution in [2.45, 2.75) is 12.5 Å². The Kier molecular flexibility index (Phi) is 4.38. The summed E-state index contributed by atoms with van der Waals surface area (Å²) >= 11 is 3.40. The average molecular weight is 338 g/mol. The number of hydrogen-bond donors (Lipinski definition) is 1. The van der Waals surface area contributed by atoms with Gasteiger partial charge in [-0.05, 0) is 30.7 Å². The number of benzene rings is 1. The van der Waals surface area contributed by atoms with Crippen LogP contribution in [0, 0.1) is 0 Å². The molecule has 0 radical (unpaired) electrons. The number of hydrogen-bond acceptors (Lipinski definition) is 3. The average Bonchev–Trinajstić information content (AvgIpc) is 2.98. The second-order valence-electron chi connectivity index (χ2n) is 5.49. The maximum atomic E-state index is 12.5. The Hall–Kier alpha value is -0.910. The summed E-state index contributed by atoms with van der Waals surface area (Å²) in [4.78, 5) is 17.0. The van der Waals surface area contributed by atoms with E-state index in [2.05, 4.69) is 26.1 Å². The van der Waals surface area contributed by atoms with Crippen LogP contribution in [0.15, 0.2) is 28.7 Å². The van der Waals surface area contributed by atoms with Gasteiger partial charge >= 0.3 is 0 Å². The van der Waals surface area contributed by atoms with Gasteiger partial charge < -0.3 is 10.2 Å². The number of halogens is 1. The first kappa shape index (κ1) is 14.0. The van der Waals surface area contributed by atoms with E-state index in [-0.39, 0.29) is 5.91 Å². The van der Waals surface area contributed by atoms with Crippen LogP contribution in [-0.2, 0) is 0 Å². The van der Waals surface area contributed by atoms with Crippen molar-refractivity contribution in [3.63, 3.8) is 0 Å². The molecule has 2 heterocycles. The Morgan fingerprint density at radius 1 is 1.15 bits per heavy atom. The summed E-state index contributed by atoms with van der Waals surface area (Å²) in [5.74, 6) is 0.162. The minimum Gasteiger partial charge on any atom is -0.337 e. The zero-order valence-electron chi connectivity index (χ0n) is 11.5. The fourth-order valence-corrected chi connectivity index (χ4v) is 3.31. The lowest BCUT2D eigenvalue weighted by Crippen LogP contribution is -2.49. The van der Waals surface area contributed by atoms with Gasteiger partial charge in [-0.15, -0.1) is 0 Å². The number of likely N-dealkylation sites (tertiary alicyclic amines) is 1. The molecule has 1 aromatic rings. The number of rotatable bonds is 2. The summed E-state index contributed by atoms with van der Waals surface area (Å²) in [5.41, 5.74) is 0.786. The van der Waals surface area contributed by atoms with Crippen molar-refractivity contribution >= 4 is 21.8 Å². The maximum Gasteiger partial charge on any atom is 0.253 e. The smallest absolute Gasteiger partial charge is 0.253 e.